The molecule has 0 aliphatic carbocycles. The first-order valence-corrected chi connectivity index (χ1v) is 6.70. The van der Waals surface area contributed by atoms with Crippen LogP contribution in [0.5, 0.6) is 0 Å². The summed E-state index contributed by atoms with van der Waals surface area (Å²) in [6.45, 7) is 5.95. The zero-order chi connectivity index (χ0) is 11.5. The van der Waals surface area contributed by atoms with Gasteiger partial charge in [-0.15, -0.1) is 0 Å². The van der Waals surface area contributed by atoms with E-state index in [1.807, 2.05) is 29.5 Å². The van der Waals surface area contributed by atoms with E-state index in [0.29, 0.717) is 3.57 Å². The number of likely N-dealkylation sites (tertiary alicyclic amines) is 1. The van der Waals surface area contributed by atoms with Crippen molar-refractivity contribution in [3.63, 3.8) is 0 Å². The molecule has 0 radical (unpaired) electrons. The molecule has 1 aliphatic heterocycles. The molecule has 0 saturated carbocycles. The van der Waals surface area contributed by atoms with E-state index in [0.717, 1.165) is 18.9 Å². The lowest BCUT2D eigenvalue weighted by molar-refractivity contribution is 0.318. The van der Waals surface area contributed by atoms with E-state index in [1.54, 1.807) is 10.8 Å². The molecule has 5 heteroatoms. The average Bonchev–Trinajstić information content (AvgIpc) is 2.77. The van der Waals surface area contributed by atoms with Crippen LogP contribution < -0.4 is 5.56 Å². The van der Waals surface area contributed by atoms with Crippen LogP contribution in [0.4, 0.5) is 0 Å². The van der Waals surface area contributed by atoms with Crippen LogP contribution in [0.25, 0.3) is 0 Å². The Balaban J connectivity index is 2.08. The summed E-state index contributed by atoms with van der Waals surface area (Å²) in [6, 6.07) is 0. The Morgan fingerprint density at radius 1 is 1.38 bits per heavy atom. The molecule has 0 unspecified atom stereocenters. The Morgan fingerprint density at radius 2 is 2.06 bits per heavy atom. The first-order valence-electron chi connectivity index (χ1n) is 5.63. The molecule has 0 spiro atoms. The average molecular weight is 333 g/mol. The molecule has 1 saturated heterocycles. The monoisotopic (exact) mass is 333 g/mol. The molecule has 0 bridgehead atoms. The van der Waals surface area contributed by atoms with Crippen LogP contribution in [0, 0.1) is 10.5 Å². The SMILES string of the molecule is Cc1ncc(I)c(=O)n1CCN1CCCC1. The standard InChI is InChI=1S/C11H16IN3O/c1-9-13-8-10(12)11(16)15(9)7-6-14-4-2-3-5-14/h8H,2-7H2,1H3. The van der Waals surface area contributed by atoms with Crippen molar-refractivity contribution in [3.05, 3.63) is 25.9 Å². The van der Waals surface area contributed by atoms with Crippen LogP contribution in [0.1, 0.15) is 18.7 Å². The summed E-state index contributed by atoms with van der Waals surface area (Å²) in [5.74, 6) is 0.810. The number of aromatic nitrogens is 2. The van der Waals surface area contributed by atoms with Crippen molar-refractivity contribution in [1.29, 1.82) is 0 Å². The second-order valence-electron chi connectivity index (χ2n) is 4.16. The van der Waals surface area contributed by atoms with E-state index in [9.17, 15) is 4.79 Å². The molecule has 0 atom stereocenters. The van der Waals surface area contributed by atoms with Crippen LogP contribution in [0.2, 0.25) is 0 Å². The maximum atomic E-state index is 11.9. The highest BCUT2D eigenvalue weighted by Crippen LogP contribution is 2.07. The minimum absolute atomic E-state index is 0.0901. The highest BCUT2D eigenvalue weighted by molar-refractivity contribution is 14.1. The summed E-state index contributed by atoms with van der Waals surface area (Å²) < 4.78 is 2.48. The number of rotatable bonds is 3. The lowest BCUT2D eigenvalue weighted by atomic mass is 10.4. The normalized spacial score (nSPS) is 16.9. The molecule has 1 fully saturated rings. The first kappa shape index (κ1) is 12.0. The van der Waals surface area contributed by atoms with Crippen molar-refractivity contribution in [2.24, 2.45) is 0 Å². The maximum Gasteiger partial charge on any atom is 0.266 e. The lowest BCUT2D eigenvalue weighted by Gasteiger charge is -2.16. The molecule has 16 heavy (non-hydrogen) atoms. The third kappa shape index (κ3) is 2.63. The van der Waals surface area contributed by atoms with E-state index >= 15 is 0 Å². The highest BCUT2D eigenvalue weighted by Gasteiger charge is 2.12. The van der Waals surface area contributed by atoms with Gasteiger partial charge in [-0.25, -0.2) is 4.98 Å². The predicted octanol–water partition coefficient (Wildman–Crippen LogP) is 1.25. The Bertz CT molecular complexity index is 424. The third-order valence-corrected chi connectivity index (χ3v) is 3.78. The quantitative estimate of drug-likeness (QED) is 0.782. The van der Waals surface area contributed by atoms with Gasteiger partial charge < -0.3 is 4.90 Å². The summed E-state index contributed by atoms with van der Waals surface area (Å²) in [4.78, 5) is 18.5. The van der Waals surface area contributed by atoms with Crippen LogP contribution in [0.3, 0.4) is 0 Å². The van der Waals surface area contributed by atoms with Crippen molar-refractivity contribution in [1.82, 2.24) is 14.5 Å². The number of aryl methyl sites for hydroxylation is 1. The van der Waals surface area contributed by atoms with Gasteiger partial charge in [-0.2, -0.15) is 0 Å². The van der Waals surface area contributed by atoms with Gasteiger partial charge in [0.1, 0.15) is 5.82 Å². The Morgan fingerprint density at radius 3 is 2.75 bits per heavy atom. The molecule has 1 aromatic heterocycles. The van der Waals surface area contributed by atoms with E-state index in [2.05, 4.69) is 9.88 Å². The molecule has 0 amide bonds. The molecule has 88 valence electrons. The van der Waals surface area contributed by atoms with Crippen molar-refractivity contribution in [3.8, 4) is 0 Å². The summed E-state index contributed by atoms with van der Waals surface area (Å²) in [5.41, 5.74) is 0.0901. The van der Waals surface area contributed by atoms with E-state index in [-0.39, 0.29) is 5.56 Å². The van der Waals surface area contributed by atoms with Crippen LogP contribution in [0.15, 0.2) is 11.0 Å². The number of halogens is 1. The number of hydrogen-bond donors (Lipinski definition) is 0. The third-order valence-electron chi connectivity index (χ3n) is 3.04. The van der Waals surface area contributed by atoms with Crippen molar-refractivity contribution in [2.45, 2.75) is 26.3 Å². The molecular weight excluding hydrogens is 317 g/mol. The van der Waals surface area contributed by atoms with Gasteiger partial charge >= 0.3 is 0 Å². The highest BCUT2D eigenvalue weighted by atomic mass is 127. The summed E-state index contributed by atoms with van der Waals surface area (Å²) in [6.07, 6.45) is 4.22. The van der Waals surface area contributed by atoms with Gasteiger partial charge in [-0.05, 0) is 55.4 Å². The molecule has 4 nitrogen and oxygen atoms in total. The number of nitrogens with zero attached hydrogens (tertiary/aromatic N) is 3. The molecule has 0 aromatic carbocycles. The van der Waals surface area contributed by atoms with Crippen molar-refractivity contribution in [2.75, 3.05) is 19.6 Å². The van der Waals surface area contributed by atoms with Gasteiger partial charge in [-0.1, -0.05) is 0 Å². The van der Waals surface area contributed by atoms with Gasteiger partial charge in [0.2, 0.25) is 0 Å². The smallest absolute Gasteiger partial charge is 0.266 e. The largest absolute Gasteiger partial charge is 0.302 e. The van der Waals surface area contributed by atoms with Crippen LogP contribution in [-0.2, 0) is 6.54 Å². The minimum atomic E-state index is 0.0901. The topological polar surface area (TPSA) is 38.1 Å². The number of hydrogen-bond acceptors (Lipinski definition) is 3. The predicted molar refractivity (Wildman–Crippen MR) is 71.6 cm³/mol. The fraction of sp³-hybridized carbons (Fsp3) is 0.636. The summed E-state index contributed by atoms with van der Waals surface area (Å²) in [5, 5.41) is 0. The fourth-order valence-corrected chi connectivity index (χ4v) is 2.49. The molecule has 1 aromatic rings. The van der Waals surface area contributed by atoms with Gasteiger partial charge in [0.15, 0.2) is 0 Å². The van der Waals surface area contributed by atoms with E-state index in [4.69, 9.17) is 0 Å². The Labute approximate surface area is 109 Å². The second kappa shape index (κ2) is 5.27. The van der Waals surface area contributed by atoms with E-state index < -0.39 is 0 Å². The second-order valence-corrected chi connectivity index (χ2v) is 5.32. The van der Waals surface area contributed by atoms with E-state index in [1.165, 1.54) is 25.9 Å². The molecule has 2 rings (SSSR count). The maximum absolute atomic E-state index is 11.9. The first-order chi connectivity index (χ1) is 7.68. The zero-order valence-electron chi connectivity index (χ0n) is 9.45. The van der Waals surface area contributed by atoms with Crippen molar-refractivity contribution < 1.29 is 0 Å². The molecule has 0 N–H and O–H groups in total. The Hall–Kier alpha value is -0.430. The van der Waals surface area contributed by atoms with Gasteiger partial charge in [0.25, 0.3) is 5.56 Å². The molecule has 1 aliphatic rings. The molecular formula is C11H16IN3O. The van der Waals surface area contributed by atoms with Crippen LogP contribution in [-0.4, -0.2) is 34.1 Å². The minimum Gasteiger partial charge on any atom is -0.302 e. The summed E-state index contributed by atoms with van der Waals surface area (Å²) >= 11 is 2.05. The zero-order valence-corrected chi connectivity index (χ0v) is 11.6. The van der Waals surface area contributed by atoms with Crippen LogP contribution >= 0.6 is 22.6 Å². The van der Waals surface area contributed by atoms with Gasteiger partial charge in [0, 0.05) is 19.3 Å². The molecule has 2 heterocycles. The lowest BCUT2D eigenvalue weighted by Crippen LogP contribution is -2.32. The Kier molecular flexibility index (Phi) is 3.96. The van der Waals surface area contributed by atoms with Gasteiger partial charge in [0.05, 0.1) is 3.57 Å². The van der Waals surface area contributed by atoms with Crippen molar-refractivity contribution >= 4 is 22.6 Å². The van der Waals surface area contributed by atoms with Gasteiger partial charge in [-0.3, -0.25) is 9.36 Å². The summed E-state index contributed by atoms with van der Waals surface area (Å²) in [7, 11) is 0. The fourth-order valence-electron chi connectivity index (χ4n) is 2.06.